The SMILES string of the molecule is C=CCNC(=NCc1nnc(C)n1C)N1CC2OCCN(Cc3ccccc3)C2C1. The second-order valence-corrected chi connectivity index (χ2v) is 7.87. The molecule has 0 saturated carbocycles. The van der Waals surface area contributed by atoms with Crippen molar-refractivity contribution in [3.05, 3.63) is 60.2 Å². The number of morpholine rings is 1. The first kappa shape index (κ1) is 20.6. The average molecular weight is 410 g/mol. The minimum Gasteiger partial charge on any atom is -0.373 e. The molecule has 30 heavy (non-hydrogen) atoms. The number of guanidine groups is 1. The summed E-state index contributed by atoms with van der Waals surface area (Å²) in [5, 5.41) is 11.8. The van der Waals surface area contributed by atoms with Gasteiger partial charge in [0.15, 0.2) is 11.8 Å². The first-order chi connectivity index (χ1) is 14.7. The van der Waals surface area contributed by atoms with Crippen LogP contribution in [0.2, 0.25) is 0 Å². The summed E-state index contributed by atoms with van der Waals surface area (Å²) in [6.07, 6.45) is 2.04. The zero-order valence-electron chi connectivity index (χ0n) is 17.9. The van der Waals surface area contributed by atoms with Crippen LogP contribution in [0.5, 0.6) is 0 Å². The van der Waals surface area contributed by atoms with E-state index in [9.17, 15) is 0 Å². The van der Waals surface area contributed by atoms with E-state index in [1.807, 2.05) is 24.6 Å². The molecule has 0 bridgehead atoms. The van der Waals surface area contributed by atoms with Crippen LogP contribution in [0.4, 0.5) is 0 Å². The molecular formula is C22H31N7O. The molecule has 0 amide bonds. The Kier molecular flexibility index (Phi) is 6.44. The highest BCUT2D eigenvalue weighted by atomic mass is 16.5. The summed E-state index contributed by atoms with van der Waals surface area (Å²) in [4.78, 5) is 9.68. The van der Waals surface area contributed by atoms with Crippen molar-refractivity contribution in [1.82, 2.24) is 29.9 Å². The number of ether oxygens (including phenoxy) is 1. The first-order valence-corrected chi connectivity index (χ1v) is 10.5. The van der Waals surface area contributed by atoms with E-state index in [-0.39, 0.29) is 6.10 Å². The molecule has 8 nitrogen and oxygen atoms in total. The van der Waals surface area contributed by atoms with Crippen LogP contribution in [0, 0.1) is 6.92 Å². The lowest BCUT2D eigenvalue weighted by Crippen LogP contribution is -2.50. The van der Waals surface area contributed by atoms with Crippen LogP contribution < -0.4 is 5.32 Å². The van der Waals surface area contributed by atoms with E-state index in [0.29, 0.717) is 19.1 Å². The van der Waals surface area contributed by atoms with E-state index in [1.165, 1.54) is 5.56 Å². The molecule has 2 fully saturated rings. The summed E-state index contributed by atoms with van der Waals surface area (Å²) in [5.74, 6) is 2.61. The first-order valence-electron chi connectivity index (χ1n) is 10.5. The minimum absolute atomic E-state index is 0.190. The molecule has 2 saturated heterocycles. The Labute approximate surface area is 178 Å². The van der Waals surface area contributed by atoms with Crippen molar-refractivity contribution in [2.24, 2.45) is 12.0 Å². The maximum atomic E-state index is 6.13. The third kappa shape index (κ3) is 4.55. The smallest absolute Gasteiger partial charge is 0.194 e. The Morgan fingerprint density at radius 3 is 2.87 bits per heavy atom. The molecule has 8 heteroatoms. The Balaban J connectivity index is 1.47. The number of hydrogen-bond donors (Lipinski definition) is 1. The van der Waals surface area contributed by atoms with E-state index in [0.717, 1.165) is 50.4 Å². The summed E-state index contributed by atoms with van der Waals surface area (Å²) in [7, 11) is 1.97. The van der Waals surface area contributed by atoms with Crippen molar-refractivity contribution >= 4 is 5.96 Å². The molecule has 0 aliphatic carbocycles. The van der Waals surface area contributed by atoms with Gasteiger partial charge in [-0.3, -0.25) is 4.90 Å². The van der Waals surface area contributed by atoms with Crippen LogP contribution in [0.15, 0.2) is 48.0 Å². The number of aromatic nitrogens is 3. The fourth-order valence-corrected chi connectivity index (χ4v) is 4.11. The standard InChI is InChI=1S/C22H31N7O/c1-4-10-23-22(24-13-21-26-25-17(2)27(21)3)29-15-19-20(16-29)30-12-11-28(19)14-18-8-6-5-7-9-18/h4-9,19-20H,1,10-16H2,2-3H3,(H,23,24). The largest absolute Gasteiger partial charge is 0.373 e. The van der Waals surface area contributed by atoms with E-state index in [1.54, 1.807) is 0 Å². The molecule has 2 unspecified atom stereocenters. The molecule has 1 N–H and O–H groups in total. The zero-order chi connectivity index (χ0) is 20.9. The molecule has 2 aliphatic heterocycles. The topological polar surface area (TPSA) is 70.8 Å². The van der Waals surface area contributed by atoms with E-state index >= 15 is 0 Å². The third-order valence-corrected chi connectivity index (χ3v) is 5.90. The van der Waals surface area contributed by atoms with Crippen LogP contribution in [-0.4, -0.2) is 75.5 Å². The molecule has 3 heterocycles. The van der Waals surface area contributed by atoms with Crippen molar-refractivity contribution in [3.8, 4) is 0 Å². The molecule has 1 aromatic heterocycles. The molecular weight excluding hydrogens is 378 g/mol. The van der Waals surface area contributed by atoms with Gasteiger partial charge in [-0.05, 0) is 12.5 Å². The minimum atomic E-state index is 0.190. The summed E-state index contributed by atoms with van der Waals surface area (Å²) < 4.78 is 8.10. The molecule has 0 spiro atoms. The predicted octanol–water partition coefficient (Wildman–Crippen LogP) is 1.34. The second-order valence-electron chi connectivity index (χ2n) is 7.87. The van der Waals surface area contributed by atoms with Crippen LogP contribution in [0.3, 0.4) is 0 Å². The Hall–Kier alpha value is -2.71. The molecule has 160 valence electrons. The summed E-state index contributed by atoms with van der Waals surface area (Å²) in [5.41, 5.74) is 1.34. The fraction of sp³-hybridized carbons (Fsp3) is 0.500. The maximum absolute atomic E-state index is 6.13. The number of fused-ring (bicyclic) bond motifs is 1. The second kappa shape index (κ2) is 9.40. The van der Waals surface area contributed by atoms with E-state index in [2.05, 4.69) is 62.2 Å². The van der Waals surface area contributed by atoms with Gasteiger partial charge in [-0.25, -0.2) is 4.99 Å². The number of hydrogen-bond acceptors (Lipinski definition) is 5. The normalized spacial score (nSPS) is 22.2. The van der Waals surface area contributed by atoms with E-state index in [4.69, 9.17) is 9.73 Å². The number of nitrogens with one attached hydrogen (secondary N) is 1. The highest BCUT2D eigenvalue weighted by Crippen LogP contribution is 2.24. The summed E-state index contributed by atoms with van der Waals surface area (Å²) in [6.45, 7) is 11.3. The number of benzene rings is 1. The molecule has 2 atom stereocenters. The molecule has 0 radical (unpaired) electrons. The van der Waals surface area contributed by atoms with Crippen LogP contribution in [0.1, 0.15) is 17.2 Å². The van der Waals surface area contributed by atoms with Crippen molar-refractivity contribution in [1.29, 1.82) is 0 Å². The number of nitrogens with zero attached hydrogens (tertiary/aromatic N) is 6. The number of rotatable bonds is 6. The maximum Gasteiger partial charge on any atom is 0.194 e. The van der Waals surface area contributed by atoms with Gasteiger partial charge in [-0.2, -0.15) is 0 Å². The van der Waals surface area contributed by atoms with Gasteiger partial charge in [0.1, 0.15) is 12.4 Å². The highest BCUT2D eigenvalue weighted by molar-refractivity contribution is 5.80. The Morgan fingerprint density at radius 2 is 2.13 bits per heavy atom. The van der Waals surface area contributed by atoms with Gasteiger partial charge in [0, 0.05) is 39.8 Å². The van der Waals surface area contributed by atoms with E-state index < -0.39 is 0 Å². The van der Waals surface area contributed by atoms with Gasteiger partial charge in [0.05, 0.1) is 18.8 Å². The molecule has 2 aromatic rings. The van der Waals surface area contributed by atoms with Gasteiger partial charge >= 0.3 is 0 Å². The Bertz CT molecular complexity index is 879. The number of likely N-dealkylation sites (tertiary alicyclic amines) is 1. The third-order valence-electron chi connectivity index (χ3n) is 5.90. The Morgan fingerprint density at radius 1 is 1.30 bits per heavy atom. The average Bonchev–Trinajstić information content (AvgIpc) is 3.34. The lowest BCUT2D eigenvalue weighted by Gasteiger charge is -2.36. The van der Waals surface area contributed by atoms with Crippen LogP contribution in [-0.2, 0) is 24.9 Å². The number of aliphatic imine (C=N–C) groups is 1. The monoisotopic (exact) mass is 409 g/mol. The number of aryl methyl sites for hydroxylation is 1. The predicted molar refractivity (Wildman–Crippen MR) is 117 cm³/mol. The van der Waals surface area contributed by atoms with Crippen molar-refractivity contribution < 1.29 is 4.74 Å². The molecule has 2 aliphatic rings. The van der Waals surface area contributed by atoms with Gasteiger partial charge in [-0.1, -0.05) is 36.4 Å². The zero-order valence-corrected chi connectivity index (χ0v) is 17.9. The van der Waals surface area contributed by atoms with Crippen LogP contribution >= 0.6 is 0 Å². The lowest BCUT2D eigenvalue weighted by molar-refractivity contribution is -0.0502. The molecule has 1 aromatic carbocycles. The van der Waals surface area contributed by atoms with Gasteiger partial charge < -0.3 is 19.5 Å². The van der Waals surface area contributed by atoms with Gasteiger partial charge in [0.25, 0.3) is 0 Å². The lowest BCUT2D eigenvalue weighted by atomic mass is 10.1. The van der Waals surface area contributed by atoms with Crippen LogP contribution in [0.25, 0.3) is 0 Å². The quantitative estimate of drug-likeness (QED) is 0.441. The van der Waals surface area contributed by atoms with Crippen molar-refractivity contribution in [3.63, 3.8) is 0 Å². The fourth-order valence-electron chi connectivity index (χ4n) is 4.11. The molecule has 4 rings (SSSR count). The summed E-state index contributed by atoms with van der Waals surface area (Å²) >= 11 is 0. The van der Waals surface area contributed by atoms with Crippen molar-refractivity contribution in [2.45, 2.75) is 32.2 Å². The van der Waals surface area contributed by atoms with Crippen molar-refractivity contribution in [2.75, 3.05) is 32.8 Å². The highest BCUT2D eigenvalue weighted by Gasteiger charge is 2.41. The van der Waals surface area contributed by atoms with Gasteiger partial charge in [0.2, 0.25) is 0 Å². The summed E-state index contributed by atoms with van der Waals surface area (Å²) in [6, 6.07) is 11.0. The van der Waals surface area contributed by atoms with Gasteiger partial charge in [-0.15, -0.1) is 16.8 Å².